The van der Waals surface area contributed by atoms with Gasteiger partial charge in [0, 0.05) is 6.54 Å². The van der Waals surface area contributed by atoms with Crippen LogP contribution < -0.4 is 0 Å². The van der Waals surface area contributed by atoms with Crippen LogP contribution in [0.15, 0.2) is 12.2 Å². The standard InChI is InChI=1S/C8H13NO7S/c10-6-1-2-7(11)9(6)4-5(3-8(12)13)17(14,15)16/h1-2,5-7,10-11H,3-4H2,(H,12,13)(H,14,15,16). The van der Waals surface area contributed by atoms with Gasteiger partial charge in [0.1, 0.15) is 17.7 Å². The summed E-state index contributed by atoms with van der Waals surface area (Å²) in [4.78, 5) is 11.4. The van der Waals surface area contributed by atoms with Crippen molar-refractivity contribution < 1.29 is 33.1 Å². The second-order valence-corrected chi connectivity index (χ2v) is 5.34. The first-order valence-electron chi connectivity index (χ1n) is 4.70. The first-order valence-corrected chi connectivity index (χ1v) is 6.20. The highest BCUT2D eigenvalue weighted by Gasteiger charge is 2.34. The Morgan fingerprint density at radius 1 is 1.29 bits per heavy atom. The van der Waals surface area contributed by atoms with Crippen molar-refractivity contribution in [3.05, 3.63) is 12.2 Å². The van der Waals surface area contributed by atoms with Crippen molar-refractivity contribution in [3.8, 4) is 0 Å². The van der Waals surface area contributed by atoms with Gasteiger partial charge in [-0.15, -0.1) is 0 Å². The number of hydrogen-bond acceptors (Lipinski definition) is 6. The van der Waals surface area contributed by atoms with E-state index < -0.39 is 46.8 Å². The zero-order valence-electron chi connectivity index (χ0n) is 8.67. The van der Waals surface area contributed by atoms with Crippen molar-refractivity contribution in [2.45, 2.75) is 24.1 Å². The maximum absolute atomic E-state index is 10.9. The molecule has 1 aliphatic rings. The molecule has 17 heavy (non-hydrogen) atoms. The quantitative estimate of drug-likeness (QED) is 0.339. The average molecular weight is 267 g/mol. The van der Waals surface area contributed by atoms with Gasteiger partial charge < -0.3 is 15.3 Å². The first kappa shape index (κ1) is 14.1. The molecule has 9 heteroatoms. The number of carboxylic acid groups (broad SMARTS) is 1. The summed E-state index contributed by atoms with van der Waals surface area (Å²) >= 11 is 0. The molecule has 8 nitrogen and oxygen atoms in total. The molecule has 98 valence electrons. The number of aliphatic hydroxyl groups is 2. The minimum atomic E-state index is -4.57. The van der Waals surface area contributed by atoms with Gasteiger partial charge in [0.25, 0.3) is 10.1 Å². The fourth-order valence-corrected chi connectivity index (χ4v) is 2.20. The predicted molar refractivity (Wildman–Crippen MR) is 55.4 cm³/mol. The summed E-state index contributed by atoms with van der Waals surface area (Å²) in [5.74, 6) is -1.40. The predicted octanol–water partition coefficient (Wildman–Crippen LogP) is -1.77. The minimum absolute atomic E-state index is 0.486. The minimum Gasteiger partial charge on any atom is -0.481 e. The van der Waals surface area contributed by atoms with Gasteiger partial charge in [0.05, 0.1) is 6.42 Å². The molecule has 4 N–H and O–H groups in total. The average Bonchev–Trinajstić information content (AvgIpc) is 2.46. The van der Waals surface area contributed by atoms with Gasteiger partial charge in [-0.25, -0.2) is 4.90 Å². The number of hydrogen-bond donors (Lipinski definition) is 4. The van der Waals surface area contributed by atoms with E-state index in [2.05, 4.69) is 0 Å². The van der Waals surface area contributed by atoms with E-state index in [-0.39, 0.29) is 0 Å². The molecule has 0 bridgehead atoms. The van der Waals surface area contributed by atoms with E-state index in [1.807, 2.05) is 0 Å². The fraction of sp³-hybridized carbons (Fsp3) is 0.625. The van der Waals surface area contributed by atoms with E-state index in [0.29, 0.717) is 0 Å². The van der Waals surface area contributed by atoms with Gasteiger partial charge in [0.2, 0.25) is 0 Å². The molecule has 0 fully saturated rings. The van der Waals surface area contributed by atoms with E-state index in [1.54, 1.807) is 0 Å². The zero-order valence-corrected chi connectivity index (χ0v) is 9.49. The molecule has 0 aromatic rings. The van der Waals surface area contributed by atoms with Crippen LogP contribution >= 0.6 is 0 Å². The van der Waals surface area contributed by atoms with Crippen LogP contribution in [0.5, 0.6) is 0 Å². The van der Waals surface area contributed by atoms with Crippen LogP contribution in [0.3, 0.4) is 0 Å². The van der Waals surface area contributed by atoms with Crippen molar-refractivity contribution >= 4 is 16.1 Å². The largest absolute Gasteiger partial charge is 0.481 e. The summed E-state index contributed by atoms with van der Waals surface area (Å²) in [7, 11) is -4.57. The molecule has 0 radical (unpaired) electrons. The molecule has 0 aromatic heterocycles. The van der Waals surface area contributed by atoms with Crippen LogP contribution in [0.4, 0.5) is 0 Å². The normalized spacial score (nSPS) is 27.2. The maximum atomic E-state index is 10.9. The molecule has 1 heterocycles. The monoisotopic (exact) mass is 267 g/mol. The highest BCUT2D eigenvalue weighted by Crippen LogP contribution is 2.17. The molecule has 0 aromatic carbocycles. The van der Waals surface area contributed by atoms with Crippen molar-refractivity contribution in [3.63, 3.8) is 0 Å². The number of aliphatic hydroxyl groups excluding tert-OH is 2. The molecule has 0 saturated carbocycles. The lowest BCUT2D eigenvalue weighted by Gasteiger charge is -2.26. The molecule has 3 unspecified atom stereocenters. The van der Waals surface area contributed by atoms with Crippen molar-refractivity contribution in [1.82, 2.24) is 4.90 Å². The van der Waals surface area contributed by atoms with E-state index >= 15 is 0 Å². The van der Waals surface area contributed by atoms with E-state index in [0.717, 1.165) is 4.90 Å². The zero-order chi connectivity index (χ0) is 13.2. The topological polar surface area (TPSA) is 135 Å². The summed E-state index contributed by atoms with van der Waals surface area (Å²) in [6.07, 6.45) is -0.764. The second kappa shape index (κ2) is 5.10. The van der Waals surface area contributed by atoms with Crippen molar-refractivity contribution in [2.75, 3.05) is 6.54 Å². The molecule has 0 saturated heterocycles. The number of aliphatic carboxylic acids is 1. The fourth-order valence-electron chi connectivity index (χ4n) is 1.49. The Morgan fingerprint density at radius 3 is 2.12 bits per heavy atom. The lowest BCUT2D eigenvalue weighted by Crippen LogP contribution is -2.44. The Balaban J connectivity index is 2.77. The Bertz CT molecular complexity index is 406. The van der Waals surface area contributed by atoms with Crippen LogP contribution in [-0.2, 0) is 14.9 Å². The van der Waals surface area contributed by atoms with E-state index in [4.69, 9.17) is 9.66 Å². The number of carboxylic acids is 1. The first-order chi connectivity index (χ1) is 7.71. The Hall–Kier alpha value is -1.00. The molecule has 0 aliphatic carbocycles. The number of nitrogens with zero attached hydrogens (tertiary/aromatic N) is 1. The molecule has 0 spiro atoms. The summed E-state index contributed by atoms with van der Waals surface area (Å²) in [5.41, 5.74) is 0. The molecular weight excluding hydrogens is 254 g/mol. The van der Waals surface area contributed by atoms with Gasteiger partial charge in [0.15, 0.2) is 0 Å². The Morgan fingerprint density at radius 2 is 1.76 bits per heavy atom. The van der Waals surface area contributed by atoms with E-state index in [1.165, 1.54) is 12.2 Å². The summed E-state index contributed by atoms with van der Waals surface area (Å²) < 4.78 is 30.8. The van der Waals surface area contributed by atoms with Gasteiger partial charge in [-0.3, -0.25) is 9.35 Å². The third-order valence-electron chi connectivity index (χ3n) is 2.37. The second-order valence-electron chi connectivity index (χ2n) is 3.64. The van der Waals surface area contributed by atoms with Crippen LogP contribution in [0, 0.1) is 0 Å². The van der Waals surface area contributed by atoms with Gasteiger partial charge >= 0.3 is 5.97 Å². The van der Waals surface area contributed by atoms with Crippen LogP contribution in [0.2, 0.25) is 0 Å². The summed E-state index contributed by atoms with van der Waals surface area (Å²) in [6.45, 7) is -0.486. The molecule has 3 atom stereocenters. The van der Waals surface area contributed by atoms with Crippen molar-refractivity contribution in [1.29, 1.82) is 0 Å². The molecular formula is C8H13NO7S. The number of carbonyl (C=O) groups is 1. The van der Waals surface area contributed by atoms with Crippen LogP contribution in [0.1, 0.15) is 6.42 Å². The van der Waals surface area contributed by atoms with Crippen molar-refractivity contribution in [2.24, 2.45) is 0 Å². The highest BCUT2D eigenvalue weighted by molar-refractivity contribution is 7.86. The third kappa shape index (κ3) is 3.75. The maximum Gasteiger partial charge on any atom is 0.304 e. The molecule has 0 amide bonds. The van der Waals surface area contributed by atoms with E-state index in [9.17, 15) is 23.4 Å². The molecule has 1 rings (SSSR count). The van der Waals surface area contributed by atoms with Crippen LogP contribution in [0.25, 0.3) is 0 Å². The lowest BCUT2D eigenvalue weighted by molar-refractivity contribution is -0.137. The SMILES string of the molecule is O=C(O)CC(CN1C(O)C=CC1O)S(=O)(=O)O. The smallest absolute Gasteiger partial charge is 0.304 e. The highest BCUT2D eigenvalue weighted by atomic mass is 32.2. The van der Waals surface area contributed by atoms with Gasteiger partial charge in [-0.1, -0.05) is 0 Å². The number of rotatable bonds is 5. The lowest BCUT2D eigenvalue weighted by atomic mass is 10.3. The Kier molecular flexibility index (Phi) is 4.22. The molecule has 1 aliphatic heterocycles. The summed E-state index contributed by atoms with van der Waals surface area (Å²) in [5, 5.41) is 25.6. The Labute approximate surface area is 97.5 Å². The summed E-state index contributed by atoms with van der Waals surface area (Å²) in [6, 6.07) is 0. The van der Waals surface area contributed by atoms with Crippen LogP contribution in [-0.4, -0.2) is 63.4 Å². The van der Waals surface area contributed by atoms with Gasteiger partial charge in [-0.05, 0) is 12.2 Å². The van der Waals surface area contributed by atoms with Gasteiger partial charge in [-0.2, -0.15) is 8.42 Å². The third-order valence-corrected chi connectivity index (χ3v) is 3.53.